The number of ether oxygens (including phenoxy) is 1. The Balaban J connectivity index is 1.97. The summed E-state index contributed by atoms with van der Waals surface area (Å²) in [6, 6.07) is 9.74. The Kier molecular flexibility index (Phi) is 4.90. The van der Waals surface area contributed by atoms with Crippen LogP contribution in [0, 0.1) is 5.92 Å². The van der Waals surface area contributed by atoms with Crippen LogP contribution < -0.4 is 5.32 Å². The van der Waals surface area contributed by atoms with Gasteiger partial charge in [-0.15, -0.1) is 0 Å². The van der Waals surface area contributed by atoms with Crippen LogP contribution in [0.5, 0.6) is 0 Å². The quantitative estimate of drug-likeness (QED) is 0.868. The molecule has 1 aliphatic heterocycles. The van der Waals surface area contributed by atoms with Gasteiger partial charge in [0, 0.05) is 13.5 Å². The number of methoxy groups -OCH3 is 1. The number of piperidine rings is 1. The first-order chi connectivity index (χ1) is 8.81. The maximum absolute atomic E-state index is 12.3. The monoisotopic (exact) mass is 247 g/mol. The van der Waals surface area contributed by atoms with Crippen LogP contribution in [0.15, 0.2) is 30.3 Å². The average Bonchev–Trinajstić information content (AvgIpc) is 2.42. The lowest BCUT2D eigenvalue weighted by atomic mass is 9.90. The van der Waals surface area contributed by atoms with Crippen molar-refractivity contribution in [2.45, 2.75) is 25.4 Å². The van der Waals surface area contributed by atoms with Crippen molar-refractivity contribution in [1.82, 2.24) is 5.32 Å². The number of Topliss-reactive ketones (excluding diaryl/α,β-unsaturated/α-hetero) is 1. The molecule has 0 saturated carbocycles. The molecule has 1 aliphatic rings. The fourth-order valence-electron chi connectivity index (χ4n) is 2.56. The van der Waals surface area contributed by atoms with Gasteiger partial charge in [-0.25, -0.2) is 0 Å². The van der Waals surface area contributed by atoms with Gasteiger partial charge in [-0.3, -0.25) is 4.79 Å². The first kappa shape index (κ1) is 13.2. The number of ketones is 1. The molecule has 0 radical (unpaired) electrons. The van der Waals surface area contributed by atoms with Crippen molar-refractivity contribution >= 4 is 5.78 Å². The van der Waals surface area contributed by atoms with Crippen LogP contribution in [0.25, 0.3) is 0 Å². The van der Waals surface area contributed by atoms with E-state index in [-0.39, 0.29) is 5.78 Å². The molecule has 3 nitrogen and oxygen atoms in total. The van der Waals surface area contributed by atoms with Gasteiger partial charge in [0.2, 0.25) is 0 Å². The molecular formula is C15H21NO2. The summed E-state index contributed by atoms with van der Waals surface area (Å²) in [7, 11) is 1.61. The van der Waals surface area contributed by atoms with Crippen LogP contribution in [0.4, 0.5) is 0 Å². The fraction of sp³-hybridized carbons (Fsp3) is 0.533. The Morgan fingerprint density at radius 1 is 1.33 bits per heavy atom. The minimum absolute atomic E-state index is 0.204. The summed E-state index contributed by atoms with van der Waals surface area (Å²) in [5.74, 6) is 0.718. The molecule has 2 rings (SSSR count). The molecule has 1 fully saturated rings. The lowest BCUT2D eigenvalue weighted by Gasteiger charge is -2.23. The van der Waals surface area contributed by atoms with E-state index in [0.29, 0.717) is 12.3 Å². The van der Waals surface area contributed by atoms with Gasteiger partial charge in [0.15, 0.2) is 5.78 Å². The third-order valence-corrected chi connectivity index (χ3v) is 3.58. The summed E-state index contributed by atoms with van der Waals surface area (Å²) in [6.45, 7) is 2.06. The molecule has 1 saturated heterocycles. The second-order valence-electron chi connectivity index (χ2n) is 4.89. The Bertz CT molecular complexity index is 371. The number of carbonyl (C=O) groups excluding carboxylic acids is 1. The SMILES string of the molecule is CO[C@H](C(=O)CC1CCNCC1)c1ccccc1. The molecular weight excluding hydrogens is 226 g/mol. The summed E-state index contributed by atoms with van der Waals surface area (Å²) in [6.07, 6.45) is 2.42. The predicted molar refractivity (Wildman–Crippen MR) is 71.4 cm³/mol. The molecule has 1 aromatic rings. The molecule has 1 N–H and O–H groups in total. The van der Waals surface area contributed by atoms with Crippen molar-refractivity contribution in [1.29, 1.82) is 0 Å². The topological polar surface area (TPSA) is 38.3 Å². The van der Waals surface area contributed by atoms with Gasteiger partial charge in [-0.1, -0.05) is 30.3 Å². The van der Waals surface area contributed by atoms with Gasteiger partial charge in [0.1, 0.15) is 6.10 Å². The molecule has 1 atom stereocenters. The van der Waals surface area contributed by atoms with Crippen molar-refractivity contribution in [3.05, 3.63) is 35.9 Å². The number of benzene rings is 1. The maximum Gasteiger partial charge on any atom is 0.166 e. The number of hydrogen-bond donors (Lipinski definition) is 1. The van der Waals surface area contributed by atoms with Crippen LogP contribution in [0.1, 0.15) is 30.9 Å². The smallest absolute Gasteiger partial charge is 0.166 e. The number of rotatable bonds is 5. The van der Waals surface area contributed by atoms with E-state index in [4.69, 9.17) is 4.74 Å². The van der Waals surface area contributed by atoms with Gasteiger partial charge >= 0.3 is 0 Å². The molecule has 3 heteroatoms. The van der Waals surface area contributed by atoms with E-state index < -0.39 is 6.10 Å². The predicted octanol–water partition coefficient (Wildman–Crippen LogP) is 2.33. The molecule has 1 aromatic carbocycles. The van der Waals surface area contributed by atoms with Gasteiger partial charge in [-0.2, -0.15) is 0 Å². The van der Waals surface area contributed by atoms with Gasteiger partial charge in [0.05, 0.1) is 0 Å². The van der Waals surface area contributed by atoms with Crippen LogP contribution in [-0.4, -0.2) is 26.0 Å². The summed E-state index contributed by atoms with van der Waals surface area (Å²) in [5, 5.41) is 3.32. The highest BCUT2D eigenvalue weighted by Gasteiger charge is 2.24. The van der Waals surface area contributed by atoms with Crippen LogP contribution in [0.2, 0.25) is 0 Å². The van der Waals surface area contributed by atoms with Crippen LogP contribution in [-0.2, 0) is 9.53 Å². The van der Waals surface area contributed by atoms with Crippen molar-refractivity contribution in [2.75, 3.05) is 20.2 Å². The standard InChI is InChI=1S/C15H21NO2/c1-18-15(13-5-3-2-4-6-13)14(17)11-12-7-9-16-10-8-12/h2-6,12,15-16H,7-11H2,1H3/t15-/m0/s1. The van der Waals surface area contributed by atoms with Crippen LogP contribution >= 0.6 is 0 Å². The zero-order valence-electron chi connectivity index (χ0n) is 10.9. The molecule has 1 heterocycles. The molecule has 0 spiro atoms. The van der Waals surface area contributed by atoms with Gasteiger partial charge < -0.3 is 10.1 Å². The molecule has 18 heavy (non-hydrogen) atoms. The van der Waals surface area contributed by atoms with Crippen molar-refractivity contribution in [3.63, 3.8) is 0 Å². The van der Waals surface area contributed by atoms with Crippen molar-refractivity contribution in [2.24, 2.45) is 5.92 Å². The largest absolute Gasteiger partial charge is 0.369 e. The highest BCUT2D eigenvalue weighted by Crippen LogP contribution is 2.24. The Morgan fingerprint density at radius 3 is 2.61 bits per heavy atom. The molecule has 98 valence electrons. The minimum atomic E-state index is -0.402. The van der Waals surface area contributed by atoms with E-state index in [2.05, 4.69) is 5.32 Å². The molecule has 0 aliphatic carbocycles. The second kappa shape index (κ2) is 6.66. The van der Waals surface area contributed by atoms with Crippen molar-refractivity contribution < 1.29 is 9.53 Å². The first-order valence-corrected chi connectivity index (χ1v) is 6.62. The highest BCUT2D eigenvalue weighted by molar-refractivity contribution is 5.84. The van der Waals surface area contributed by atoms with E-state index in [9.17, 15) is 4.79 Å². The number of carbonyl (C=O) groups is 1. The maximum atomic E-state index is 12.3. The lowest BCUT2D eigenvalue weighted by molar-refractivity contribution is -0.130. The second-order valence-corrected chi connectivity index (χ2v) is 4.89. The Morgan fingerprint density at radius 2 is 2.00 bits per heavy atom. The highest BCUT2D eigenvalue weighted by atomic mass is 16.5. The van der Waals surface area contributed by atoms with E-state index in [1.54, 1.807) is 7.11 Å². The zero-order valence-corrected chi connectivity index (χ0v) is 10.9. The average molecular weight is 247 g/mol. The van der Waals surface area contributed by atoms with Gasteiger partial charge in [-0.05, 0) is 37.4 Å². The number of hydrogen-bond acceptors (Lipinski definition) is 3. The lowest BCUT2D eigenvalue weighted by Crippen LogP contribution is -2.30. The summed E-state index contributed by atoms with van der Waals surface area (Å²) >= 11 is 0. The summed E-state index contributed by atoms with van der Waals surface area (Å²) in [5.41, 5.74) is 0.957. The molecule has 0 amide bonds. The third kappa shape index (κ3) is 3.40. The Labute approximate surface area is 109 Å². The summed E-state index contributed by atoms with van der Waals surface area (Å²) in [4.78, 5) is 12.3. The zero-order chi connectivity index (χ0) is 12.8. The Hall–Kier alpha value is -1.19. The van der Waals surface area contributed by atoms with E-state index in [1.165, 1.54) is 0 Å². The minimum Gasteiger partial charge on any atom is -0.369 e. The first-order valence-electron chi connectivity index (χ1n) is 6.62. The van der Waals surface area contributed by atoms with E-state index in [0.717, 1.165) is 31.5 Å². The normalized spacial score (nSPS) is 18.5. The summed E-state index contributed by atoms with van der Waals surface area (Å²) < 4.78 is 5.37. The van der Waals surface area contributed by atoms with E-state index >= 15 is 0 Å². The fourth-order valence-corrected chi connectivity index (χ4v) is 2.56. The van der Waals surface area contributed by atoms with Gasteiger partial charge in [0.25, 0.3) is 0 Å². The molecule has 0 unspecified atom stereocenters. The molecule has 0 aromatic heterocycles. The molecule has 0 bridgehead atoms. The third-order valence-electron chi connectivity index (χ3n) is 3.58. The van der Waals surface area contributed by atoms with E-state index in [1.807, 2.05) is 30.3 Å². The number of nitrogens with one attached hydrogen (secondary N) is 1. The van der Waals surface area contributed by atoms with Crippen LogP contribution in [0.3, 0.4) is 0 Å². The van der Waals surface area contributed by atoms with Crippen molar-refractivity contribution in [3.8, 4) is 0 Å².